The lowest BCUT2D eigenvalue weighted by molar-refractivity contribution is 0.0723. The van der Waals surface area contributed by atoms with E-state index in [1.807, 2.05) is 12.1 Å². The Labute approximate surface area is 222 Å². The number of nitrogens with zero attached hydrogens (tertiary/aromatic N) is 3. The first-order chi connectivity index (χ1) is 17.3. The molecule has 10 nitrogen and oxygen atoms in total. The SMILES string of the molecule is CNC[C@H](O)C(C)(C)S(=O)(=O)C1(CN2CCc3c(C(=O)NCc4ccc(Cl)cc4)nn(C)c3C2=O)CC1. The zero-order chi connectivity index (χ0) is 27.2. The minimum absolute atomic E-state index is 0.0482. The van der Waals surface area contributed by atoms with Crippen LogP contribution in [0.25, 0.3) is 0 Å². The zero-order valence-corrected chi connectivity index (χ0v) is 23.1. The molecule has 1 aromatic heterocycles. The number of hydrogen-bond donors (Lipinski definition) is 3. The molecular formula is C25H34ClN5O5S. The first-order valence-electron chi connectivity index (χ1n) is 12.3. The summed E-state index contributed by atoms with van der Waals surface area (Å²) in [4.78, 5) is 27.9. The van der Waals surface area contributed by atoms with E-state index in [0.717, 1.165) is 5.56 Å². The van der Waals surface area contributed by atoms with Crippen molar-refractivity contribution >= 4 is 33.3 Å². The van der Waals surface area contributed by atoms with Crippen LogP contribution in [-0.2, 0) is 29.9 Å². The smallest absolute Gasteiger partial charge is 0.272 e. The maximum absolute atomic E-state index is 13.6. The molecule has 1 saturated carbocycles. The second-order valence-electron chi connectivity index (χ2n) is 10.4. The molecule has 4 rings (SSSR count). The number of likely N-dealkylation sites (N-methyl/N-ethyl adjacent to an activating group) is 1. The number of rotatable bonds is 10. The van der Waals surface area contributed by atoms with Crippen molar-refractivity contribution in [1.82, 2.24) is 25.3 Å². The van der Waals surface area contributed by atoms with Crippen LogP contribution in [0.2, 0.25) is 5.02 Å². The topological polar surface area (TPSA) is 134 Å². The number of benzene rings is 1. The number of aliphatic hydroxyl groups is 1. The normalized spacial score (nSPS) is 17.9. The Balaban J connectivity index is 1.50. The van der Waals surface area contributed by atoms with Gasteiger partial charge in [-0.25, -0.2) is 8.42 Å². The summed E-state index contributed by atoms with van der Waals surface area (Å²) in [6.07, 6.45) is 0.173. The highest BCUT2D eigenvalue weighted by Gasteiger charge is 2.62. The second kappa shape index (κ2) is 10.0. The molecule has 1 atom stereocenters. The third-order valence-corrected chi connectivity index (χ3v) is 11.2. The summed E-state index contributed by atoms with van der Waals surface area (Å²) in [5.74, 6) is -0.724. The molecule has 2 amide bonds. The summed E-state index contributed by atoms with van der Waals surface area (Å²) < 4.78 is 26.2. The van der Waals surface area contributed by atoms with Crippen molar-refractivity contribution in [2.75, 3.05) is 26.7 Å². The van der Waals surface area contributed by atoms with Gasteiger partial charge in [0.2, 0.25) is 0 Å². The molecule has 0 spiro atoms. The molecule has 0 saturated heterocycles. The Hall–Kier alpha value is -2.47. The number of aryl methyl sites for hydroxylation is 1. The summed E-state index contributed by atoms with van der Waals surface area (Å²) in [6, 6.07) is 7.13. The van der Waals surface area contributed by atoms with Gasteiger partial charge in [-0.05, 0) is 57.9 Å². The minimum Gasteiger partial charge on any atom is -0.390 e. The summed E-state index contributed by atoms with van der Waals surface area (Å²) >= 11 is 5.91. The predicted molar refractivity (Wildman–Crippen MR) is 140 cm³/mol. The Kier molecular flexibility index (Phi) is 7.46. The molecule has 0 unspecified atom stereocenters. The maximum atomic E-state index is 13.6. The van der Waals surface area contributed by atoms with E-state index < -0.39 is 25.4 Å². The van der Waals surface area contributed by atoms with Crippen LogP contribution < -0.4 is 10.6 Å². The first-order valence-corrected chi connectivity index (χ1v) is 14.2. The number of amides is 2. The number of carbonyl (C=O) groups excluding carboxylic acids is 2. The van der Waals surface area contributed by atoms with Gasteiger partial charge in [0, 0.05) is 43.8 Å². The molecule has 1 aliphatic heterocycles. The van der Waals surface area contributed by atoms with Crippen LogP contribution in [0.3, 0.4) is 0 Å². The van der Waals surface area contributed by atoms with Gasteiger partial charge in [-0.1, -0.05) is 23.7 Å². The molecule has 1 fully saturated rings. The molecule has 1 aliphatic carbocycles. The van der Waals surface area contributed by atoms with Crippen molar-refractivity contribution in [2.45, 2.75) is 55.3 Å². The lowest BCUT2D eigenvalue weighted by Crippen LogP contribution is -2.56. The van der Waals surface area contributed by atoms with E-state index in [0.29, 0.717) is 35.5 Å². The Morgan fingerprint density at radius 1 is 1.27 bits per heavy atom. The van der Waals surface area contributed by atoms with Crippen LogP contribution in [0.1, 0.15) is 58.8 Å². The van der Waals surface area contributed by atoms with E-state index in [9.17, 15) is 23.1 Å². The van der Waals surface area contributed by atoms with Crippen LogP contribution in [0, 0.1) is 0 Å². The maximum Gasteiger partial charge on any atom is 0.272 e. The van der Waals surface area contributed by atoms with Crippen LogP contribution in [0.4, 0.5) is 0 Å². The van der Waals surface area contributed by atoms with Gasteiger partial charge in [0.05, 0.1) is 15.6 Å². The second-order valence-corrected chi connectivity index (χ2v) is 13.8. The van der Waals surface area contributed by atoms with Gasteiger partial charge in [-0.2, -0.15) is 5.10 Å². The summed E-state index contributed by atoms with van der Waals surface area (Å²) in [7, 11) is -0.518. The number of halogens is 1. The molecule has 202 valence electrons. The molecule has 2 aliphatic rings. The largest absolute Gasteiger partial charge is 0.390 e. The van der Waals surface area contributed by atoms with Gasteiger partial charge in [-0.3, -0.25) is 14.3 Å². The highest BCUT2D eigenvalue weighted by Crippen LogP contribution is 2.50. The van der Waals surface area contributed by atoms with Crippen molar-refractivity contribution in [1.29, 1.82) is 0 Å². The fraction of sp³-hybridized carbons (Fsp3) is 0.560. The van der Waals surface area contributed by atoms with Crippen molar-refractivity contribution in [3.05, 3.63) is 51.8 Å². The predicted octanol–water partition coefficient (Wildman–Crippen LogP) is 1.31. The third-order valence-electron chi connectivity index (χ3n) is 7.60. The first kappa shape index (κ1) is 27.6. The monoisotopic (exact) mass is 551 g/mol. The highest BCUT2D eigenvalue weighted by atomic mass is 35.5. The number of hydrogen-bond acceptors (Lipinski definition) is 7. The number of sulfone groups is 1. The van der Waals surface area contributed by atoms with Crippen molar-refractivity contribution < 1.29 is 23.1 Å². The Bertz CT molecular complexity index is 1300. The van der Waals surface area contributed by atoms with Crippen LogP contribution >= 0.6 is 11.6 Å². The molecular weight excluding hydrogens is 518 g/mol. The number of nitrogens with one attached hydrogen (secondary N) is 2. The van der Waals surface area contributed by atoms with Gasteiger partial charge in [0.1, 0.15) is 5.69 Å². The van der Waals surface area contributed by atoms with Gasteiger partial charge < -0.3 is 20.6 Å². The molecule has 0 bridgehead atoms. The van der Waals surface area contributed by atoms with Gasteiger partial charge >= 0.3 is 0 Å². The molecule has 0 radical (unpaired) electrons. The molecule has 1 aromatic carbocycles. The van der Waals surface area contributed by atoms with Crippen molar-refractivity contribution in [2.24, 2.45) is 7.05 Å². The summed E-state index contributed by atoms with van der Waals surface area (Å²) in [5.41, 5.74) is 1.94. The quantitative estimate of drug-likeness (QED) is 0.405. The Morgan fingerprint density at radius 2 is 1.92 bits per heavy atom. The van der Waals surface area contributed by atoms with E-state index >= 15 is 0 Å². The van der Waals surface area contributed by atoms with E-state index in [2.05, 4.69) is 15.7 Å². The highest BCUT2D eigenvalue weighted by molar-refractivity contribution is 7.94. The fourth-order valence-corrected chi connectivity index (χ4v) is 7.60. The molecule has 12 heteroatoms. The van der Waals surface area contributed by atoms with Gasteiger partial charge in [0.15, 0.2) is 15.5 Å². The lowest BCUT2D eigenvalue weighted by Gasteiger charge is -2.37. The van der Waals surface area contributed by atoms with Gasteiger partial charge in [-0.15, -0.1) is 0 Å². The number of carbonyl (C=O) groups is 2. The lowest BCUT2D eigenvalue weighted by atomic mass is 10.0. The fourth-order valence-electron chi connectivity index (χ4n) is 4.95. The third kappa shape index (κ3) is 4.89. The average Bonchev–Trinajstić information content (AvgIpc) is 3.56. The summed E-state index contributed by atoms with van der Waals surface area (Å²) in [6.45, 7) is 3.84. The average molecular weight is 552 g/mol. The summed E-state index contributed by atoms with van der Waals surface area (Å²) in [5, 5.41) is 21.1. The van der Waals surface area contributed by atoms with E-state index in [1.165, 1.54) is 18.5 Å². The van der Waals surface area contributed by atoms with E-state index in [-0.39, 0.29) is 43.7 Å². The molecule has 3 N–H and O–H groups in total. The molecule has 2 heterocycles. The van der Waals surface area contributed by atoms with E-state index in [1.54, 1.807) is 31.1 Å². The van der Waals surface area contributed by atoms with Crippen molar-refractivity contribution in [3.8, 4) is 0 Å². The van der Waals surface area contributed by atoms with Crippen molar-refractivity contribution in [3.63, 3.8) is 0 Å². The van der Waals surface area contributed by atoms with Gasteiger partial charge in [0.25, 0.3) is 11.8 Å². The minimum atomic E-state index is -3.78. The van der Waals surface area contributed by atoms with Crippen LogP contribution in [-0.4, -0.2) is 82.3 Å². The zero-order valence-electron chi connectivity index (χ0n) is 21.5. The number of aliphatic hydroxyl groups excluding tert-OH is 1. The standard InChI is InChI=1S/C25H34ClN5O5S/c1-24(2,19(32)14-27-3)37(35,36)25(10-11-25)15-31-12-9-18-20(29-30(4)21(18)23(31)34)22(33)28-13-16-5-7-17(26)8-6-16/h5-8,19,27,32H,9-15H2,1-4H3,(H,28,33)/t19-/m0/s1. The van der Waals surface area contributed by atoms with E-state index in [4.69, 9.17) is 11.6 Å². The Morgan fingerprint density at radius 3 is 2.51 bits per heavy atom. The number of aromatic nitrogens is 2. The molecule has 2 aromatic rings. The van der Waals surface area contributed by atoms with Crippen LogP contribution in [0.5, 0.6) is 0 Å². The van der Waals surface area contributed by atoms with Crippen LogP contribution in [0.15, 0.2) is 24.3 Å². The molecule has 37 heavy (non-hydrogen) atoms. The number of fused-ring (bicyclic) bond motifs is 1.